The molecule has 0 bridgehead atoms. The Hall–Kier alpha value is -0.200. The number of nitrogens with one attached hydrogen (secondary N) is 1. The fraction of sp³-hybridized carbons (Fsp3) is 1.00. The maximum Gasteiger partial charge on any atom is 0.111 e. The molecule has 5 nitrogen and oxygen atoms in total. The number of rotatable bonds is 2. The van der Waals surface area contributed by atoms with Crippen molar-refractivity contribution in [2.75, 3.05) is 13.2 Å². The molecular formula is C10H21NO4. The van der Waals surface area contributed by atoms with Gasteiger partial charge in [-0.25, -0.2) is 0 Å². The number of ether oxygens (including phenoxy) is 1. The minimum Gasteiger partial charge on any atom is -0.388 e. The molecule has 0 amide bonds. The predicted octanol–water partition coefficient (Wildman–Crippen LogP) is -1.14. The molecule has 0 spiro atoms. The van der Waals surface area contributed by atoms with Crippen molar-refractivity contribution in [3.63, 3.8) is 0 Å². The second-order valence-corrected chi connectivity index (χ2v) is 5.05. The van der Waals surface area contributed by atoms with Crippen LogP contribution in [0.25, 0.3) is 0 Å². The fourth-order valence-electron chi connectivity index (χ4n) is 1.45. The van der Waals surface area contributed by atoms with Gasteiger partial charge in [0.05, 0.1) is 12.7 Å². The first-order valence-electron chi connectivity index (χ1n) is 5.22. The summed E-state index contributed by atoms with van der Waals surface area (Å²) in [4.78, 5) is 0. The average Bonchev–Trinajstić information content (AvgIpc) is 2.12. The van der Waals surface area contributed by atoms with Gasteiger partial charge >= 0.3 is 0 Å². The molecule has 0 aromatic carbocycles. The summed E-state index contributed by atoms with van der Waals surface area (Å²) in [6.45, 7) is 6.54. The summed E-state index contributed by atoms with van der Waals surface area (Å²) in [5.74, 6) is 0. The summed E-state index contributed by atoms with van der Waals surface area (Å²) in [5, 5.41) is 31.5. The lowest BCUT2D eigenvalue weighted by molar-refractivity contribution is -0.185. The van der Waals surface area contributed by atoms with E-state index in [-0.39, 0.29) is 12.1 Å². The van der Waals surface area contributed by atoms with Gasteiger partial charge in [-0.3, -0.25) is 0 Å². The minimum absolute atomic E-state index is 0.0642. The molecule has 1 aliphatic rings. The van der Waals surface area contributed by atoms with Gasteiger partial charge in [0, 0.05) is 12.1 Å². The summed E-state index contributed by atoms with van der Waals surface area (Å²) in [6, 6.07) is 0. The van der Waals surface area contributed by atoms with E-state index < -0.39 is 24.4 Å². The van der Waals surface area contributed by atoms with Crippen molar-refractivity contribution in [3.8, 4) is 0 Å². The Balaban J connectivity index is 2.43. The third-order valence-electron chi connectivity index (χ3n) is 2.44. The van der Waals surface area contributed by atoms with Crippen LogP contribution < -0.4 is 5.32 Å². The molecule has 0 aromatic rings. The molecular weight excluding hydrogens is 198 g/mol. The second-order valence-electron chi connectivity index (χ2n) is 5.05. The summed E-state index contributed by atoms with van der Waals surface area (Å²) >= 11 is 0. The van der Waals surface area contributed by atoms with Crippen molar-refractivity contribution in [1.82, 2.24) is 5.32 Å². The van der Waals surface area contributed by atoms with Crippen LogP contribution in [0.1, 0.15) is 20.8 Å². The topological polar surface area (TPSA) is 82.0 Å². The normalized spacial score (nSPS) is 38.0. The molecule has 4 atom stereocenters. The first kappa shape index (κ1) is 12.9. The van der Waals surface area contributed by atoms with E-state index in [4.69, 9.17) is 4.74 Å². The molecule has 1 saturated heterocycles. The first-order valence-corrected chi connectivity index (χ1v) is 5.22. The Morgan fingerprint density at radius 1 is 1.20 bits per heavy atom. The Labute approximate surface area is 90.1 Å². The molecule has 0 radical (unpaired) electrons. The molecule has 1 heterocycles. The van der Waals surface area contributed by atoms with E-state index in [0.717, 1.165) is 0 Å². The van der Waals surface area contributed by atoms with Crippen LogP contribution in [0.3, 0.4) is 0 Å². The first-order chi connectivity index (χ1) is 6.81. The van der Waals surface area contributed by atoms with Gasteiger partial charge in [-0.1, -0.05) is 0 Å². The Morgan fingerprint density at radius 2 is 1.80 bits per heavy atom. The highest BCUT2D eigenvalue weighted by Gasteiger charge is 2.37. The number of aliphatic hydroxyl groups is 3. The largest absolute Gasteiger partial charge is 0.388 e. The monoisotopic (exact) mass is 219 g/mol. The molecule has 0 unspecified atom stereocenters. The average molecular weight is 219 g/mol. The zero-order chi connectivity index (χ0) is 11.6. The van der Waals surface area contributed by atoms with E-state index in [1.165, 1.54) is 0 Å². The van der Waals surface area contributed by atoms with E-state index in [1.54, 1.807) is 0 Å². The third-order valence-corrected chi connectivity index (χ3v) is 2.44. The lowest BCUT2D eigenvalue weighted by Crippen LogP contribution is -2.57. The van der Waals surface area contributed by atoms with Crippen molar-refractivity contribution >= 4 is 0 Å². The van der Waals surface area contributed by atoms with Crippen LogP contribution in [0.5, 0.6) is 0 Å². The zero-order valence-corrected chi connectivity index (χ0v) is 9.47. The maximum absolute atomic E-state index is 9.63. The van der Waals surface area contributed by atoms with Gasteiger partial charge in [-0.2, -0.15) is 0 Å². The van der Waals surface area contributed by atoms with E-state index in [2.05, 4.69) is 5.32 Å². The molecule has 4 N–H and O–H groups in total. The van der Waals surface area contributed by atoms with Gasteiger partial charge in [0.15, 0.2) is 0 Å². The van der Waals surface area contributed by atoms with Crippen LogP contribution in [0.4, 0.5) is 0 Å². The summed E-state index contributed by atoms with van der Waals surface area (Å²) in [6.07, 6.45) is -3.62. The van der Waals surface area contributed by atoms with Crippen molar-refractivity contribution in [3.05, 3.63) is 0 Å². The quantitative estimate of drug-likeness (QED) is 0.472. The van der Waals surface area contributed by atoms with Gasteiger partial charge in [-0.15, -0.1) is 0 Å². The predicted molar refractivity (Wildman–Crippen MR) is 55.5 cm³/mol. The number of hydrogen-bond donors (Lipinski definition) is 4. The van der Waals surface area contributed by atoms with Gasteiger partial charge in [0.2, 0.25) is 0 Å². The number of aliphatic hydroxyl groups excluding tert-OH is 3. The summed E-state index contributed by atoms with van der Waals surface area (Å²) in [5.41, 5.74) is -0.0654. The smallest absolute Gasteiger partial charge is 0.111 e. The van der Waals surface area contributed by atoms with Crippen LogP contribution in [0, 0.1) is 0 Å². The molecule has 0 saturated carbocycles. The van der Waals surface area contributed by atoms with Crippen LogP contribution in [-0.4, -0.2) is 58.4 Å². The molecule has 5 heteroatoms. The molecule has 1 aliphatic heterocycles. The van der Waals surface area contributed by atoms with E-state index in [9.17, 15) is 15.3 Å². The molecule has 1 fully saturated rings. The van der Waals surface area contributed by atoms with Crippen molar-refractivity contribution in [2.24, 2.45) is 0 Å². The molecule has 0 aliphatic carbocycles. The van der Waals surface area contributed by atoms with E-state index in [0.29, 0.717) is 6.54 Å². The Bertz CT molecular complexity index is 204. The second kappa shape index (κ2) is 4.76. The fourth-order valence-corrected chi connectivity index (χ4v) is 1.45. The van der Waals surface area contributed by atoms with Crippen molar-refractivity contribution in [2.45, 2.75) is 50.7 Å². The van der Waals surface area contributed by atoms with Crippen LogP contribution in [0.2, 0.25) is 0 Å². The van der Waals surface area contributed by atoms with Gasteiger partial charge in [-0.05, 0) is 20.8 Å². The zero-order valence-electron chi connectivity index (χ0n) is 9.47. The van der Waals surface area contributed by atoms with Crippen molar-refractivity contribution in [1.29, 1.82) is 0 Å². The highest BCUT2D eigenvalue weighted by molar-refractivity contribution is 4.88. The van der Waals surface area contributed by atoms with Crippen LogP contribution in [-0.2, 0) is 4.74 Å². The van der Waals surface area contributed by atoms with E-state index in [1.807, 2.05) is 20.8 Å². The Kier molecular flexibility index (Phi) is 4.08. The lowest BCUT2D eigenvalue weighted by Gasteiger charge is -2.36. The molecule has 1 rings (SSSR count). The SMILES string of the molecule is CC(C)(C)NC[C@H]1OC[C@H](O)[C@@H](O)[C@@H]1O. The molecule has 15 heavy (non-hydrogen) atoms. The summed E-state index contributed by atoms with van der Waals surface area (Å²) < 4.78 is 5.25. The lowest BCUT2D eigenvalue weighted by atomic mass is 9.99. The highest BCUT2D eigenvalue weighted by atomic mass is 16.5. The van der Waals surface area contributed by atoms with Gasteiger partial charge < -0.3 is 25.4 Å². The minimum atomic E-state index is -1.12. The maximum atomic E-state index is 9.63. The third kappa shape index (κ3) is 3.70. The van der Waals surface area contributed by atoms with Gasteiger partial charge in [0.25, 0.3) is 0 Å². The van der Waals surface area contributed by atoms with Crippen LogP contribution in [0.15, 0.2) is 0 Å². The number of hydrogen-bond acceptors (Lipinski definition) is 5. The van der Waals surface area contributed by atoms with E-state index >= 15 is 0 Å². The standard InChI is InChI=1S/C10H21NO4/c1-10(2,3)11-4-7-9(14)8(13)6(12)5-15-7/h6-9,11-14H,4-5H2,1-3H3/t6-,7+,8+,9+/m0/s1. The Morgan fingerprint density at radius 3 is 2.33 bits per heavy atom. The van der Waals surface area contributed by atoms with Crippen molar-refractivity contribution < 1.29 is 20.1 Å². The van der Waals surface area contributed by atoms with Crippen LogP contribution >= 0.6 is 0 Å². The highest BCUT2D eigenvalue weighted by Crippen LogP contribution is 2.15. The molecule has 90 valence electrons. The summed E-state index contributed by atoms with van der Waals surface area (Å²) in [7, 11) is 0. The molecule has 0 aromatic heterocycles. The van der Waals surface area contributed by atoms with Gasteiger partial charge in [0.1, 0.15) is 18.3 Å².